The van der Waals surface area contributed by atoms with Crippen LogP contribution in [0.15, 0.2) is 60.7 Å². The van der Waals surface area contributed by atoms with Crippen molar-refractivity contribution in [3.63, 3.8) is 0 Å². The summed E-state index contributed by atoms with van der Waals surface area (Å²) in [6.07, 6.45) is -4.78. The molecule has 0 unspecified atom stereocenters. The predicted molar refractivity (Wildman–Crippen MR) is 113 cm³/mol. The zero-order chi connectivity index (χ0) is 22.2. The van der Waals surface area contributed by atoms with Crippen LogP contribution >= 0.6 is 15.9 Å². The fourth-order valence-electron chi connectivity index (χ4n) is 3.96. The van der Waals surface area contributed by atoms with Crippen molar-refractivity contribution in [1.82, 2.24) is 4.98 Å². The minimum Gasteiger partial charge on any atom is -0.454 e. The van der Waals surface area contributed by atoms with E-state index in [1.807, 2.05) is 30.3 Å². The molecule has 0 N–H and O–H groups in total. The van der Waals surface area contributed by atoms with Gasteiger partial charge < -0.3 is 9.47 Å². The average Bonchev–Trinajstić information content (AvgIpc) is 2.75. The number of aryl methyl sites for hydroxylation is 1. The number of rotatable bonds is 4. The number of alkyl halides is 4. The van der Waals surface area contributed by atoms with Crippen molar-refractivity contribution in [2.75, 3.05) is 7.11 Å². The van der Waals surface area contributed by atoms with Gasteiger partial charge in [0.15, 0.2) is 0 Å². The Labute approximate surface area is 185 Å². The Kier molecular flexibility index (Phi) is 5.79. The maximum Gasteiger partial charge on any atom is 0.432 e. The lowest BCUT2D eigenvalue weighted by Gasteiger charge is -2.36. The second-order valence-corrected chi connectivity index (χ2v) is 8.52. The van der Waals surface area contributed by atoms with E-state index < -0.39 is 23.9 Å². The Morgan fingerprint density at radius 2 is 1.77 bits per heavy atom. The molecule has 1 aromatic heterocycles. The first-order valence-corrected chi connectivity index (χ1v) is 10.6. The lowest BCUT2D eigenvalue weighted by Crippen LogP contribution is -2.52. The lowest BCUT2D eigenvalue weighted by molar-refractivity contribution is -0.278. The maximum absolute atomic E-state index is 14.2. The van der Waals surface area contributed by atoms with E-state index in [0.29, 0.717) is 24.1 Å². The molecule has 0 saturated heterocycles. The van der Waals surface area contributed by atoms with Gasteiger partial charge in [0.05, 0.1) is 10.3 Å². The summed E-state index contributed by atoms with van der Waals surface area (Å²) in [6.45, 7) is 0. The third-order valence-electron chi connectivity index (χ3n) is 5.54. The first-order chi connectivity index (χ1) is 14.8. The Hall–Kier alpha value is -2.45. The summed E-state index contributed by atoms with van der Waals surface area (Å²) >= 11 is 3.49. The number of aromatic nitrogens is 1. The predicted octanol–water partition coefficient (Wildman–Crippen LogP) is 5.63. The summed E-state index contributed by atoms with van der Waals surface area (Å²) in [5, 5.41) is 0.820. The number of ether oxygens (including phenoxy) is 2. The van der Waals surface area contributed by atoms with E-state index in [2.05, 4.69) is 20.9 Å². The number of carbonyl (C=O) groups is 1. The van der Waals surface area contributed by atoms with Crippen LogP contribution in [-0.4, -0.2) is 29.1 Å². The summed E-state index contributed by atoms with van der Waals surface area (Å²) in [6, 6.07) is 16.1. The fraction of sp³-hybridized carbons (Fsp3) is 0.304. The number of hydrogen-bond acceptors (Lipinski definition) is 4. The minimum absolute atomic E-state index is 0.339. The van der Waals surface area contributed by atoms with Gasteiger partial charge in [-0.25, -0.2) is 4.79 Å². The number of benzene rings is 2. The molecular weight excluding hydrogens is 475 g/mol. The molecule has 3 aromatic rings. The highest BCUT2D eigenvalue weighted by atomic mass is 79.9. The summed E-state index contributed by atoms with van der Waals surface area (Å²) in [7, 11) is 0.858. The zero-order valence-electron chi connectivity index (χ0n) is 16.5. The number of halogens is 4. The van der Waals surface area contributed by atoms with Crippen LogP contribution in [0.2, 0.25) is 0 Å². The molecule has 4 rings (SSSR count). The molecule has 1 aliphatic carbocycles. The van der Waals surface area contributed by atoms with Crippen molar-refractivity contribution in [2.24, 2.45) is 0 Å². The van der Waals surface area contributed by atoms with Crippen molar-refractivity contribution in [3.05, 3.63) is 77.5 Å². The molecule has 0 amide bonds. The minimum atomic E-state index is -5.03. The molecule has 0 spiro atoms. The van der Waals surface area contributed by atoms with Crippen molar-refractivity contribution < 1.29 is 27.4 Å². The van der Waals surface area contributed by atoms with E-state index in [0.717, 1.165) is 18.0 Å². The second-order valence-electron chi connectivity index (χ2n) is 7.35. The van der Waals surface area contributed by atoms with Gasteiger partial charge in [0.25, 0.3) is 5.60 Å². The quantitative estimate of drug-likeness (QED) is 0.349. The molecule has 0 saturated carbocycles. The molecule has 1 heterocycles. The van der Waals surface area contributed by atoms with Gasteiger partial charge in [-0.05, 0) is 25.0 Å². The van der Waals surface area contributed by atoms with Crippen LogP contribution in [0.5, 0.6) is 0 Å². The Morgan fingerprint density at radius 1 is 1.10 bits per heavy atom. The molecule has 0 aliphatic heterocycles. The van der Waals surface area contributed by atoms with E-state index in [-0.39, 0.29) is 10.4 Å². The van der Waals surface area contributed by atoms with E-state index >= 15 is 0 Å². The number of carbonyl (C=O) groups excluding carboxylic acids is 1. The summed E-state index contributed by atoms with van der Waals surface area (Å²) in [4.78, 5) is 17.4. The van der Waals surface area contributed by atoms with Crippen molar-refractivity contribution in [3.8, 4) is 0 Å². The molecule has 3 atom stereocenters. The van der Waals surface area contributed by atoms with Crippen LogP contribution in [0, 0.1) is 0 Å². The van der Waals surface area contributed by atoms with Crippen LogP contribution in [0.25, 0.3) is 10.9 Å². The van der Waals surface area contributed by atoms with Crippen molar-refractivity contribution in [2.45, 2.75) is 35.6 Å². The standard InChI is InChI=1S/C23H19BrF3NO3/c1-30-22(23(25,26)27,15-8-3-2-4-9-15)21(29)31-20-16-13-14-7-5-6-10-18(14)28-19(16)12-11-17(20)24/h2-10,13,17,20H,11-12H2,1H3/t17-,20-,22+/m1/s1. The molecular formula is C23H19BrF3NO3. The Bertz CT molecular complexity index is 1110. The highest BCUT2D eigenvalue weighted by Crippen LogP contribution is 2.45. The van der Waals surface area contributed by atoms with Crippen LogP contribution in [0.3, 0.4) is 0 Å². The molecule has 162 valence electrons. The average molecular weight is 494 g/mol. The molecule has 0 bridgehead atoms. The first kappa shape index (κ1) is 21.8. The third kappa shape index (κ3) is 3.72. The third-order valence-corrected chi connectivity index (χ3v) is 6.47. The zero-order valence-corrected chi connectivity index (χ0v) is 18.1. The van der Waals surface area contributed by atoms with Crippen LogP contribution in [0.4, 0.5) is 13.2 Å². The van der Waals surface area contributed by atoms with Crippen molar-refractivity contribution in [1.29, 1.82) is 0 Å². The lowest BCUT2D eigenvalue weighted by atomic mass is 9.90. The maximum atomic E-state index is 14.2. The highest BCUT2D eigenvalue weighted by molar-refractivity contribution is 9.09. The summed E-state index contributed by atoms with van der Waals surface area (Å²) in [5.74, 6) is -1.51. The van der Waals surface area contributed by atoms with Gasteiger partial charge in [-0.15, -0.1) is 0 Å². The Balaban J connectivity index is 1.77. The van der Waals surface area contributed by atoms with Crippen LogP contribution < -0.4 is 0 Å². The number of methoxy groups -OCH3 is 1. The molecule has 1 aliphatic rings. The van der Waals surface area contributed by atoms with Gasteiger partial charge in [0.2, 0.25) is 0 Å². The van der Waals surface area contributed by atoms with E-state index in [9.17, 15) is 18.0 Å². The topological polar surface area (TPSA) is 48.4 Å². The molecule has 0 fully saturated rings. The molecule has 4 nitrogen and oxygen atoms in total. The monoisotopic (exact) mass is 493 g/mol. The number of hydrogen-bond donors (Lipinski definition) is 0. The van der Waals surface area contributed by atoms with Crippen LogP contribution in [-0.2, 0) is 26.3 Å². The van der Waals surface area contributed by atoms with Crippen LogP contribution in [0.1, 0.15) is 29.3 Å². The molecule has 8 heteroatoms. The number of para-hydroxylation sites is 1. The number of nitrogens with zero attached hydrogens (tertiary/aromatic N) is 1. The normalized spacial score (nSPS) is 20.7. The van der Waals surface area contributed by atoms with E-state index in [1.54, 1.807) is 6.07 Å². The summed E-state index contributed by atoms with van der Waals surface area (Å²) in [5.41, 5.74) is -1.48. The van der Waals surface area contributed by atoms with Gasteiger partial charge in [-0.3, -0.25) is 4.98 Å². The fourth-order valence-corrected chi connectivity index (χ4v) is 4.58. The number of pyridine rings is 1. The summed E-state index contributed by atoms with van der Waals surface area (Å²) < 4.78 is 53.1. The highest BCUT2D eigenvalue weighted by Gasteiger charge is 2.64. The largest absolute Gasteiger partial charge is 0.454 e. The van der Waals surface area contributed by atoms with Gasteiger partial charge >= 0.3 is 12.1 Å². The smallest absolute Gasteiger partial charge is 0.432 e. The van der Waals surface area contributed by atoms with Gasteiger partial charge in [-0.2, -0.15) is 13.2 Å². The van der Waals surface area contributed by atoms with Gasteiger partial charge in [0.1, 0.15) is 6.10 Å². The molecule has 31 heavy (non-hydrogen) atoms. The van der Waals surface area contributed by atoms with Gasteiger partial charge in [0, 0.05) is 29.3 Å². The SMILES string of the molecule is CO[C@](C(=O)O[C@@H]1c2cc3ccccc3nc2CC[C@H]1Br)(c1ccccc1)C(F)(F)F. The van der Waals surface area contributed by atoms with Gasteiger partial charge in [-0.1, -0.05) is 64.5 Å². The number of esters is 1. The Morgan fingerprint density at radius 3 is 2.45 bits per heavy atom. The van der Waals surface area contributed by atoms with E-state index in [4.69, 9.17) is 9.47 Å². The van der Waals surface area contributed by atoms with Crippen molar-refractivity contribution >= 4 is 32.8 Å². The first-order valence-electron chi connectivity index (χ1n) is 9.69. The second kappa shape index (κ2) is 8.24. The number of fused-ring (bicyclic) bond motifs is 2. The molecule has 0 radical (unpaired) electrons. The van der Waals surface area contributed by atoms with E-state index in [1.165, 1.54) is 24.3 Å². The molecule has 2 aromatic carbocycles.